The van der Waals surface area contributed by atoms with E-state index in [1.807, 2.05) is 11.3 Å². The zero-order valence-electron chi connectivity index (χ0n) is 8.14. The molecule has 0 saturated carbocycles. The maximum Gasteiger partial charge on any atom is 0.0705 e. The Bertz CT molecular complexity index is 589. The van der Waals surface area contributed by atoms with Crippen LogP contribution in [0.3, 0.4) is 0 Å². The van der Waals surface area contributed by atoms with Crippen molar-refractivity contribution in [3.8, 4) is 20.2 Å². The van der Waals surface area contributed by atoms with Crippen LogP contribution in [0.1, 0.15) is 0 Å². The van der Waals surface area contributed by atoms with E-state index in [1.165, 1.54) is 24.0 Å². The normalized spacial score (nSPS) is 10.8. The van der Waals surface area contributed by atoms with E-state index in [9.17, 15) is 0 Å². The number of rotatable bonds is 2. The Labute approximate surface area is 114 Å². The van der Waals surface area contributed by atoms with Crippen LogP contribution in [0, 0.1) is 0 Å². The smallest absolute Gasteiger partial charge is 0.0705 e. The van der Waals surface area contributed by atoms with E-state index >= 15 is 0 Å². The number of thiophene rings is 3. The number of halogens is 1. The highest BCUT2D eigenvalue weighted by molar-refractivity contribution is 9.11. The highest BCUT2D eigenvalue weighted by atomic mass is 79.9. The van der Waals surface area contributed by atoms with Gasteiger partial charge in [-0.15, -0.1) is 34.0 Å². The molecule has 0 unspecified atom stereocenters. The lowest BCUT2D eigenvalue weighted by molar-refractivity contribution is 1.86. The summed E-state index contributed by atoms with van der Waals surface area (Å²) in [5.74, 6) is 0. The summed E-state index contributed by atoms with van der Waals surface area (Å²) >= 11 is 8.91. The molecule has 0 saturated heterocycles. The third-order valence-electron chi connectivity index (χ3n) is 2.25. The molecule has 4 heteroatoms. The van der Waals surface area contributed by atoms with Crippen molar-refractivity contribution in [2.75, 3.05) is 0 Å². The molecular weight excluding hydrogens is 320 g/mol. The van der Waals surface area contributed by atoms with Crippen LogP contribution in [0.2, 0.25) is 0 Å². The van der Waals surface area contributed by atoms with Crippen molar-refractivity contribution in [3.63, 3.8) is 0 Å². The summed E-state index contributed by atoms with van der Waals surface area (Å²) in [6.07, 6.45) is 0. The maximum atomic E-state index is 3.52. The summed E-state index contributed by atoms with van der Waals surface area (Å²) in [5, 5.41) is 4.29. The molecule has 3 aromatic heterocycles. The highest BCUT2D eigenvalue weighted by Crippen LogP contribution is 2.42. The van der Waals surface area contributed by atoms with Crippen LogP contribution < -0.4 is 0 Å². The monoisotopic (exact) mass is 326 g/mol. The predicted molar refractivity (Wildman–Crippen MR) is 78.6 cm³/mol. The van der Waals surface area contributed by atoms with Gasteiger partial charge in [0.2, 0.25) is 0 Å². The quantitative estimate of drug-likeness (QED) is 0.544. The second-order valence-electron chi connectivity index (χ2n) is 3.24. The van der Waals surface area contributed by atoms with Gasteiger partial charge in [0.15, 0.2) is 0 Å². The minimum absolute atomic E-state index is 1.19. The molecule has 0 aliphatic heterocycles. The van der Waals surface area contributed by atoms with E-state index in [0.717, 1.165) is 0 Å². The van der Waals surface area contributed by atoms with Crippen LogP contribution in [-0.2, 0) is 0 Å². The Morgan fingerprint density at radius 1 is 0.875 bits per heavy atom. The lowest BCUT2D eigenvalue weighted by Gasteiger charge is -1.97. The predicted octanol–water partition coefficient (Wildman–Crippen LogP) is 5.97. The van der Waals surface area contributed by atoms with Gasteiger partial charge in [0.1, 0.15) is 0 Å². The van der Waals surface area contributed by atoms with Gasteiger partial charge in [0.25, 0.3) is 0 Å². The third kappa shape index (κ3) is 1.91. The first kappa shape index (κ1) is 10.7. The summed E-state index contributed by atoms with van der Waals surface area (Å²) in [4.78, 5) is 4.06. The summed E-state index contributed by atoms with van der Waals surface area (Å²) in [6, 6.07) is 10.8. The molecule has 0 aliphatic rings. The molecule has 0 aromatic carbocycles. The minimum Gasteiger partial charge on any atom is -0.144 e. The van der Waals surface area contributed by atoms with Gasteiger partial charge < -0.3 is 0 Å². The Balaban J connectivity index is 2.13. The third-order valence-corrected chi connectivity index (χ3v) is 5.87. The summed E-state index contributed by atoms with van der Waals surface area (Å²) in [5.41, 5.74) is 1.36. The van der Waals surface area contributed by atoms with Gasteiger partial charge in [0, 0.05) is 15.3 Å². The molecule has 0 N–H and O–H groups in total. The van der Waals surface area contributed by atoms with Crippen LogP contribution in [0.5, 0.6) is 0 Å². The van der Waals surface area contributed by atoms with Crippen molar-refractivity contribution in [3.05, 3.63) is 44.9 Å². The molecule has 0 radical (unpaired) electrons. The zero-order valence-corrected chi connectivity index (χ0v) is 12.2. The van der Waals surface area contributed by atoms with Gasteiger partial charge >= 0.3 is 0 Å². The first-order chi connectivity index (χ1) is 7.84. The molecule has 0 fully saturated rings. The molecule has 0 aliphatic carbocycles. The second kappa shape index (κ2) is 4.45. The summed E-state index contributed by atoms with van der Waals surface area (Å²) < 4.78 is 1.19. The van der Waals surface area contributed by atoms with Crippen LogP contribution in [-0.4, -0.2) is 0 Å². The van der Waals surface area contributed by atoms with Crippen LogP contribution in [0.25, 0.3) is 20.2 Å². The number of hydrogen-bond acceptors (Lipinski definition) is 3. The van der Waals surface area contributed by atoms with Gasteiger partial charge in [0.05, 0.1) is 8.66 Å². The molecule has 0 bridgehead atoms. The van der Waals surface area contributed by atoms with Crippen molar-refractivity contribution in [1.82, 2.24) is 0 Å². The lowest BCUT2D eigenvalue weighted by Crippen LogP contribution is -1.69. The van der Waals surface area contributed by atoms with Gasteiger partial charge in [-0.25, -0.2) is 0 Å². The summed E-state index contributed by atoms with van der Waals surface area (Å²) in [6.45, 7) is 0. The highest BCUT2D eigenvalue weighted by Gasteiger charge is 2.11. The Morgan fingerprint density at radius 2 is 1.81 bits per heavy atom. The van der Waals surface area contributed by atoms with Gasteiger partial charge in [-0.1, -0.05) is 6.07 Å². The fourth-order valence-electron chi connectivity index (χ4n) is 1.56. The van der Waals surface area contributed by atoms with Gasteiger partial charge in [-0.3, -0.25) is 0 Å². The van der Waals surface area contributed by atoms with Gasteiger partial charge in [-0.2, -0.15) is 0 Å². The molecule has 0 nitrogen and oxygen atoms in total. The van der Waals surface area contributed by atoms with Crippen molar-refractivity contribution < 1.29 is 0 Å². The zero-order chi connectivity index (χ0) is 11.0. The maximum absolute atomic E-state index is 3.52. The fourth-order valence-corrected chi connectivity index (χ4v) is 4.82. The molecule has 16 heavy (non-hydrogen) atoms. The van der Waals surface area contributed by atoms with Crippen LogP contribution >= 0.6 is 49.9 Å². The first-order valence-electron chi connectivity index (χ1n) is 4.71. The van der Waals surface area contributed by atoms with Crippen molar-refractivity contribution >= 4 is 49.9 Å². The fraction of sp³-hybridized carbons (Fsp3) is 0. The molecule has 3 aromatic rings. The SMILES string of the molecule is Brc1ccc(-c2sccc2-c2cccs2)s1. The molecule has 0 spiro atoms. The van der Waals surface area contributed by atoms with Crippen molar-refractivity contribution in [1.29, 1.82) is 0 Å². The van der Waals surface area contributed by atoms with Crippen LogP contribution in [0.4, 0.5) is 0 Å². The molecular formula is C12H7BrS3. The molecule has 3 rings (SSSR count). The Hall–Kier alpha value is -0.420. The van der Waals surface area contributed by atoms with Gasteiger partial charge in [-0.05, 0) is 51.0 Å². The number of hydrogen-bond donors (Lipinski definition) is 0. The molecule has 0 amide bonds. The molecule has 3 heterocycles. The van der Waals surface area contributed by atoms with Crippen LogP contribution in [0.15, 0.2) is 44.9 Å². The first-order valence-corrected chi connectivity index (χ1v) is 8.08. The van der Waals surface area contributed by atoms with Crippen molar-refractivity contribution in [2.45, 2.75) is 0 Å². The average molecular weight is 327 g/mol. The molecule has 0 atom stereocenters. The van der Waals surface area contributed by atoms with E-state index in [0.29, 0.717) is 0 Å². The van der Waals surface area contributed by atoms with E-state index in [2.05, 4.69) is 57.0 Å². The van der Waals surface area contributed by atoms with E-state index in [-0.39, 0.29) is 0 Å². The lowest BCUT2D eigenvalue weighted by atomic mass is 10.2. The largest absolute Gasteiger partial charge is 0.144 e. The average Bonchev–Trinajstić information content (AvgIpc) is 2.96. The molecule has 80 valence electrons. The Morgan fingerprint density at radius 3 is 2.50 bits per heavy atom. The second-order valence-corrected chi connectivity index (χ2v) is 7.57. The Kier molecular flexibility index (Phi) is 2.98. The topological polar surface area (TPSA) is 0 Å². The van der Waals surface area contributed by atoms with E-state index in [1.54, 1.807) is 22.7 Å². The standard InChI is InChI=1S/C12H7BrS3/c13-11-4-3-10(16-11)12-8(5-7-15-12)9-2-1-6-14-9/h1-7H. The van der Waals surface area contributed by atoms with E-state index < -0.39 is 0 Å². The van der Waals surface area contributed by atoms with Crippen molar-refractivity contribution in [2.24, 2.45) is 0 Å². The summed E-state index contributed by atoms with van der Waals surface area (Å²) in [7, 11) is 0. The minimum atomic E-state index is 1.19. The van der Waals surface area contributed by atoms with E-state index in [4.69, 9.17) is 0 Å².